The molecule has 2 rings (SSSR count). The van der Waals surface area contributed by atoms with Gasteiger partial charge in [0.15, 0.2) is 0 Å². The van der Waals surface area contributed by atoms with Crippen LogP contribution in [0.1, 0.15) is 35.3 Å². The lowest BCUT2D eigenvalue weighted by atomic mass is 9.78. The first-order chi connectivity index (χ1) is 7.61. The van der Waals surface area contributed by atoms with Crippen molar-refractivity contribution >= 4 is 30.7 Å². The number of rotatable bonds is 3. The van der Waals surface area contributed by atoms with Crippen molar-refractivity contribution in [1.29, 1.82) is 0 Å². The monoisotopic (exact) mass is 291 g/mol. The van der Waals surface area contributed by atoms with Gasteiger partial charge in [-0.25, -0.2) is 0 Å². The van der Waals surface area contributed by atoms with Crippen molar-refractivity contribution in [2.45, 2.75) is 31.7 Å². The molecule has 1 fully saturated rings. The number of hydrogen-bond acceptors (Lipinski definition) is 3. The van der Waals surface area contributed by atoms with Gasteiger partial charge in [0.1, 0.15) is 0 Å². The third-order valence-corrected chi connectivity index (χ3v) is 3.20. The Kier molecular flexibility index (Phi) is 6.60. The molecule has 0 bridgehead atoms. The first kappa shape index (κ1) is 17.2. The molecule has 0 saturated heterocycles. The lowest BCUT2D eigenvalue weighted by Gasteiger charge is -2.38. The number of aryl methyl sites for hydroxylation is 1. The molecule has 1 amide bonds. The maximum absolute atomic E-state index is 11.8. The van der Waals surface area contributed by atoms with Gasteiger partial charge in [-0.15, -0.1) is 24.8 Å². The summed E-state index contributed by atoms with van der Waals surface area (Å²) in [6.45, 7) is 2.39. The predicted octanol–water partition coefficient (Wildman–Crippen LogP) is 1.84. The van der Waals surface area contributed by atoms with Crippen LogP contribution in [-0.4, -0.2) is 23.0 Å². The van der Waals surface area contributed by atoms with Crippen molar-refractivity contribution in [2.24, 2.45) is 5.73 Å². The fourth-order valence-corrected chi connectivity index (χ4v) is 1.88. The Bertz CT molecular complexity index is 408. The highest BCUT2D eigenvalue weighted by Crippen LogP contribution is 2.28. The summed E-state index contributed by atoms with van der Waals surface area (Å²) in [5.41, 5.74) is 7.24. The second-order valence-electron chi connectivity index (χ2n) is 4.53. The van der Waals surface area contributed by atoms with Gasteiger partial charge in [-0.05, 0) is 38.3 Å². The molecule has 0 atom stereocenters. The summed E-state index contributed by atoms with van der Waals surface area (Å²) in [6, 6.07) is 3.55. The van der Waals surface area contributed by atoms with Crippen molar-refractivity contribution in [1.82, 2.24) is 10.3 Å². The van der Waals surface area contributed by atoms with Crippen LogP contribution in [0.25, 0.3) is 0 Å². The van der Waals surface area contributed by atoms with Crippen molar-refractivity contribution in [3.05, 3.63) is 29.6 Å². The highest BCUT2D eigenvalue weighted by molar-refractivity contribution is 5.95. The van der Waals surface area contributed by atoms with Crippen molar-refractivity contribution in [3.8, 4) is 0 Å². The van der Waals surface area contributed by atoms with E-state index in [9.17, 15) is 4.79 Å². The fourth-order valence-electron chi connectivity index (χ4n) is 1.88. The molecule has 3 N–H and O–H groups in total. The van der Waals surface area contributed by atoms with Gasteiger partial charge >= 0.3 is 0 Å². The Morgan fingerprint density at radius 1 is 1.50 bits per heavy atom. The number of nitrogens with one attached hydrogen (secondary N) is 1. The van der Waals surface area contributed by atoms with E-state index in [1.807, 2.05) is 6.92 Å². The number of carbonyl (C=O) groups is 1. The molecule has 18 heavy (non-hydrogen) atoms. The van der Waals surface area contributed by atoms with Crippen LogP contribution >= 0.6 is 24.8 Å². The van der Waals surface area contributed by atoms with Crippen molar-refractivity contribution in [2.75, 3.05) is 6.54 Å². The molecule has 102 valence electrons. The lowest BCUT2D eigenvalue weighted by molar-refractivity contribution is 0.0928. The summed E-state index contributed by atoms with van der Waals surface area (Å²) in [5.74, 6) is -0.0812. The minimum Gasteiger partial charge on any atom is -0.350 e. The Morgan fingerprint density at radius 2 is 2.17 bits per heavy atom. The van der Waals surface area contributed by atoms with Crippen LogP contribution in [0.4, 0.5) is 0 Å². The number of amides is 1. The molecule has 1 aromatic rings. The molecular weight excluding hydrogens is 273 g/mol. The number of pyridine rings is 1. The average Bonchev–Trinajstić information content (AvgIpc) is 2.24. The smallest absolute Gasteiger partial charge is 0.253 e. The van der Waals surface area contributed by atoms with E-state index in [-0.39, 0.29) is 36.3 Å². The lowest BCUT2D eigenvalue weighted by Crippen LogP contribution is -2.55. The molecule has 0 aromatic carbocycles. The molecule has 0 radical (unpaired) electrons. The van der Waals surface area contributed by atoms with Crippen LogP contribution in [0.15, 0.2) is 18.3 Å². The number of hydrogen-bond donors (Lipinski definition) is 2. The van der Waals surface area contributed by atoms with Gasteiger partial charge in [0, 0.05) is 24.0 Å². The fraction of sp³-hybridized carbons (Fsp3) is 0.500. The van der Waals surface area contributed by atoms with E-state index >= 15 is 0 Å². The maximum atomic E-state index is 11.8. The molecule has 1 aliphatic carbocycles. The number of nitrogens with two attached hydrogens (primary N) is 1. The normalized spacial score (nSPS) is 15.7. The Hall–Kier alpha value is -0.840. The number of aromatic nitrogens is 1. The van der Waals surface area contributed by atoms with Gasteiger partial charge in [0.2, 0.25) is 0 Å². The van der Waals surface area contributed by atoms with Crippen LogP contribution in [0.3, 0.4) is 0 Å². The van der Waals surface area contributed by atoms with Gasteiger partial charge in [0.25, 0.3) is 5.91 Å². The summed E-state index contributed by atoms with van der Waals surface area (Å²) in [5, 5.41) is 2.88. The molecule has 1 heterocycles. The van der Waals surface area contributed by atoms with E-state index < -0.39 is 0 Å². The Labute approximate surface area is 120 Å². The van der Waals surface area contributed by atoms with E-state index in [2.05, 4.69) is 10.3 Å². The molecule has 1 saturated carbocycles. The van der Waals surface area contributed by atoms with Crippen LogP contribution in [-0.2, 0) is 0 Å². The second kappa shape index (κ2) is 6.92. The highest BCUT2D eigenvalue weighted by Gasteiger charge is 2.32. The van der Waals surface area contributed by atoms with Crippen molar-refractivity contribution in [3.63, 3.8) is 0 Å². The maximum Gasteiger partial charge on any atom is 0.253 e. The van der Waals surface area contributed by atoms with E-state index in [1.165, 1.54) is 0 Å². The number of halogens is 2. The van der Waals surface area contributed by atoms with Gasteiger partial charge in [-0.2, -0.15) is 0 Å². The Balaban J connectivity index is 0.00000144. The van der Waals surface area contributed by atoms with Crippen molar-refractivity contribution < 1.29 is 4.79 Å². The van der Waals surface area contributed by atoms with E-state index in [0.29, 0.717) is 12.1 Å². The highest BCUT2D eigenvalue weighted by atomic mass is 35.5. The molecule has 4 nitrogen and oxygen atoms in total. The molecule has 1 aliphatic rings. The largest absolute Gasteiger partial charge is 0.350 e. The zero-order chi connectivity index (χ0) is 11.6. The average molecular weight is 292 g/mol. The molecule has 0 unspecified atom stereocenters. The molecular formula is C12H19Cl2N3O. The third-order valence-electron chi connectivity index (χ3n) is 3.20. The molecule has 0 aliphatic heterocycles. The van der Waals surface area contributed by atoms with Crippen LogP contribution < -0.4 is 11.1 Å². The standard InChI is InChI=1S/C12H17N3O.2ClH/c1-9-10(4-2-7-14-9)11(16)15-8-12(13)5-3-6-12;;/h2,4,7H,3,5-6,8,13H2,1H3,(H,15,16);2*1H. The van der Waals surface area contributed by atoms with Gasteiger partial charge in [-0.1, -0.05) is 0 Å². The topological polar surface area (TPSA) is 68.0 Å². The summed E-state index contributed by atoms with van der Waals surface area (Å²) < 4.78 is 0. The minimum absolute atomic E-state index is 0. The van der Waals surface area contributed by atoms with Crippen LogP contribution in [0, 0.1) is 6.92 Å². The predicted molar refractivity (Wildman–Crippen MR) is 76.6 cm³/mol. The molecule has 1 aromatic heterocycles. The number of nitrogens with zero attached hydrogens (tertiary/aromatic N) is 1. The third kappa shape index (κ3) is 3.83. The summed E-state index contributed by atoms with van der Waals surface area (Å²) in [7, 11) is 0. The number of carbonyl (C=O) groups excluding carboxylic acids is 1. The first-order valence-corrected chi connectivity index (χ1v) is 5.59. The van der Waals surface area contributed by atoms with Gasteiger partial charge in [-0.3, -0.25) is 9.78 Å². The van der Waals surface area contributed by atoms with Crippen LogP contribution in [0.5, 0.6) is 0 Å². The summed E-state index contributed by atoms with van der Waals surface area (Å²) in [4.78, 5) is 15.9. The minimum atomic E-state index is -0.175. The van der Waals surface area contributed by atoms with E-state index in [1.54, 1.807) is 18.3 Å². The van der Waals surface area contributed by atoms with Gasteiger partial charge < -0.3 is 11.1 Å². The SMILES string of the molecule is Cc1ncccc1C(=O)NCC1(N)CCC1.Cl.Cl. The van der Waals surface area contributed by atoms with E-state index in [4.69, 9.17) is 5.73 Å². The Morgan fingerprint density at radius 3 is 2.67 bits per heavy atom. The zero-order valence-corrected chi connectivity index (χ0v) is 11.9. The van der Waals surface area contributed by atoms with Gasteiger partial charge in [0.05, 0.1) is 5.56 Å². The van der Waals surface area contributed by atoms with Crippen LogP contribution in [0.2, 0.25) is 0 Å². The molecule has 0 spiro atoms. The summed E-state index contributed by atoms with van der Waals surface area (Å²) >= 11 is 0. The summed E-state index contributed by atoms with van der Waals surface area (Å²) in [6.07, 6.45) is 4.85. The molecule has 6 heteroatoms. The quantitative estimate of drug-likeness (QED) is 0.893. The first-order valence-electron chi connectivity index (χ1n) is 5.59. The van der Waals surface area contributed by atoms with E-state index in [0.717, 1.165) is 25.0 Å². The second-order valence-corrected chi connectivity index (χ2v) is 4.53. The zero-order valence-electron chi connectivity index (χ0n) is 10.3.